The standard InChI is InChI=1S/C28H28N4O4/c1-35-23-9-5-8-22(19-23)32-27(34)24-11-10-21(26(33)29-13-12-20-6-3-2-4-7-20)18-25(24)30-28(32)31-14-16-36-17-15-31/h2-11,18-19H,12-17H2,1H3,(H,29,33). The third-order valence-corrected chi connectivity index (χ3v) is 6.26. The van der Waals surface area contributed by atoms with Gasteiger partial charge in [-0.2, -0.15) is 0 Å². The highest BCUT2D eigenvalue weighted by Gasteiger charge is 2.21. The van der Waals surface area contributed by atoms with E-state index in [1.54, 1.807) is 29.9 Å². The molecule has 1 fully saturated rings. The Morgan fingerprint density at radius 3 is 2.61 bits per heavy atom. The molecule has 1 aromatic heterocycles. The lowest BCUT2D eigenvalue weighted by Gasteiger charge is -2.30. The first kappa shape index (κ1) is 23.6. The number of morpholine rings is 1. The smallest absolute Gasteiger partial charge is 0.267 e. The minimum Gasteiger partial charge on any atom is -0.497 e. The van der Waals surface area contributed by atoms with Gasteiger partial charge in [0, 0.05) is 31.3 Å². The van der Waals surface area contributed by atoms with Crippen LogP contribution in [0.3, 0.4) is 0 Å². The highest BCUT2D eigenvalue weighted by Crippen LogP contribution is 2.23. The monoisotopic (exact) mass is 484 g/mol. The zero-order valence-electron chi connectivity index (χ0n) is 20.1. The van der Waals surface area contributed by atoms with Gasteiger partial charge in [0.25, 0.3) is 11.5 Å². The number of fused-ring (bicyclic) bond motifs is 1. The highest BCUT2D eigenvalue weighted by atomic mass is 16.5. The fourth-order valence-electron chi connectivity index (χ4n) is 4.34. The van der Waals surface area contributed by atoms with Crippen molar-refractivity contribution < 1.29 is 14.3 Å². The highest BCUT2D eigenvalue weighted by molar-refractivity contribution is 5.97. The zero-order valence-corrected chi connectivity index (χ0v) is 20.1. The number of carbonyl (C=O) groups excluding carboxylic acids is 1. The van der Waals surface area contributed by atoms with Crippen LogP contribution in [0.5, 0.6) is 5.75 Å². The minimum atomic E-state index is -0.203. The Morgan fingerprint density at radius 1 is 1.03 bits per heavy atom. The summed E-state index contributed by atoms with van der Waals surface area (Å²) in [5.74, 6) is 0.972. The van der Waals surface area contributed by atoms with Crippen molar-refractivity contribution >= 4 is 22.8 Å². The molecule has 0 aliphatic carbocycles. The van der Waals surface area contributed by atoms with E-state index < -0.39 is 0 Å². The third-order valence-electron chi connectivity index (χ3n) is 6.26. The van der Waals surface area contributed by atoms with Crippen LogP contribution in [0.1, 0.15) is 15.9 Å². The van der Waals surface area contributed by atoms with Crippen LogP contribution in [0, 0.1) is 0 Å². The Balaban J connectivity index is 1.50. The van der Waals surface area contributed by atoms with Gasteiger partial charge in [0.15, 0.2) is 0 Å². The lowest BCUT2D eigenvalue weighted by molar-refractivity contribution is 0.0954. The summed E-state index contributed by atoms with van der Waals surface area (Å²) in [7, 11) is 1.59. The summed E-state index contributed by atoms with van der Waals surface area (Å²) in [6, 6.07) is 22.4. The Morgan fingerprint density at radius 2 is 1.83 bits per heavy atom. The number of amides is 1. The first-order valence-electron chi connectivity index (χ1n) is 12.0. The molecule has 3 aromatic carbocycles. The van der Waals surface area contributed by atoms with Gasteiger partial charge in [0.2, 0.25) is 5.95 Å². The third kappa shape index (κ3) is 4.94. The molecular formula is C28H28N4O4. The first-order chi connectivity index (χ1) is 17.6. The van der Waals surface area contributed by atoms with Crippen LogP contribution in [0.25, 0.3) is 16.6 Å². The van der Waals surface area contributed by atoms with E-state index in [0.29, 0.717) is 66.7 Å². The summed E-state index contributed by atoms with van der Waals surface area (Å²) in [5, 5.41) is 3.40. The lowest BCUT2D eigenvalue weighted by Crippen LogP contribution is -2.40. The van der Waals surface area contributed by atoms with E-state index in [4.69, 9.17) is 14.5 Å². The number of carbonyl (C=O) groups is 1. The zero-order chi connectivity index (χ0) is 24.9. The van der Waals surface area contributed by atoms with Crippen molar-refractivity contribution in [1.29, 1.82) is 0 Å². The number of benzene rings is 3. The molecule has 36 heavy (non-hydrogen) atoms. The molecule has 1 aliphatic rings. The number of rotatable bonds is 7. The number of hydrogen-bond donors (Lipinski definition) is 1. The molecule has 1 saturated heterocycles. The lowest BCUT2D eigenvalue weighted by atomic mass is 10.1. The summed E-state index contributed by atoms with van der Waals surface area (Å²) in [5.41, 5.74) is 2.57. The summed E-state index contributed by atoms with van der Waals surface area (Å²) in [6.45, 7) is 2.85. The molecule has 1 aliphatic heterocycles. The van der Waals surface area contributed by atoms with E-state index in [1.807, 2.05) is 59.5 Å². The molecule has 0 radical (unpaired) electrons. The Kier molecular flexibility index (Phi) is 6.95. The fraction of sp³-hybridized carbons (Fsp3) is 0.250. The van der Waals surface area contributed by atoms with Crippen molar-refractivity contribution in [2.24, 2.45) is 0 Å². The van der Waals surface area contributed by atoms with Crippen LogP contribution < -0.4 is 20.5 Å². The van der Waals surface area contributed by atoms with Crippen molar-refractivity contribution in [2.45, 2.75) is 6.42 Å². The van der Waals surface area contributed by atoms with E-state index in [-0.39, 0.29) is 11.5 Å². The maximum absolute atomic E-state index is 13.7. The number of nitrogens with zero attached hydrogens (tertiary/aromatic N) is 3. The van der Waals surface area contributed by atoms with Gasteiger partial charge < -0.3 is 19.7 Å². The van der Waals surface area contributed by atoms with Gasteiger partial charge in [-0.25, -0.2) is 9.55 Å². The van der Waals surface area contributed by atoms with Crippen molar-refractivity contribution in [2.75, 3.05) is 44.9 Å². The molecule has 1 amide bonds. The van der Waals surface area contributed by atoms with Crippen LogP contribution in [0.4, 0.5) is 5.95 Å². The summed E-state index contributed by atoms with van der Waals surface area (Å²) in [4.78, 5) is 33.5. The van der Waals surface area contributed by atoms with Crippen molar-refractivity contribution in [3.8, 4) is 11.4 Å². The topological polar surface area (TPSA) is 85.7 Å². The van der Waals surface area contributed by atoms with Crippen LogP contribution in [0.15, 0.2) is 77.6 Å². The van der Waals surface area contributed by atoms with E-state index in [9.17, 15) is 9.59 Å². The van der Waals surface area contributed by atoms with Crippen molar-refractivity contribution in [1.82, 2.24) is 14.9 Å². The molecule has 5 rings (SSSR count). The quantitative estimate of drug-likeness (QED) is 0.434. The molecule has 8 heteroatoms. The first-order valence-corrected chi connectivity index (χ1v) is 12.0. The van der Waals surface area contributed by atoms with Gasteiger partial charge in [-0.1, -0.05) is 36.4 Å². The van der Waals surface area contributed by atoms with E-state index in [2.05, 4.69) is 5.32 Å². The van der Waals surface area contributed by atoms with Crippen LogP contribution in [0.2, 0.25) is 0 Å². The van der Waals surface area contributed by atoms with Crippen LogP contribution in [-0.4, -0.2) is 55.4 Å². The van der Waals surface area contributed by atoms with Gasteiger partial charge in [0.1, 0.15) is 5.75 Å². The van der Waals surface area contributed by atoms with Gasteiger partial charge in [0.05, 0.1) is 36.9 Å². The second kappa shape index (κ2) is 10.6. The normalized spacial score (nSPS) is 13.5. The number of nitrogens with one attached hydrogen (secondary N) is 1. The molecule has 0 saturated carbocycles. The summed E-state index contributed by atoms with van der Waals surface area (Å²) >= 11 is 0. The molecule has 8 nitrogen and oxygen atoms in total. The molecule has 4 aromatic rings. The van der Waals surface area contributed by atoms with Crippen LogP contribution >= 0.6 is 0 Å². The number of hydrogen-bond acceptors (Lipinski definition) is 6. The maximum atomic E-state index is 13.7. The van der Waals surface area contributed by atoms with Crippen LogP contribution in [-0.2, 0) is 11.2 Å². The Bertz CT molecular complexity index is 1430. The minimum absolute atomic E-state index is 0.195. The largest absolute Gasteiger partial charge is 0.497 e. The summed E-state index contributed by atoms with van der Waals surface area (Å²) < 4.78 is 12.5. The maximum Gasteiger partial charge on any atom is 0.267 e. The van der Waals surface area contributed by atoms with Gasteiger partial charge in [-0.15, -0.1) is 0 Å². The van der Waals surface area contributed by atoms with E-state index in [1.165, 1.54) is 0 Å². The molecule has 0 unspecified atom stereocenters. The average Bonchev–Trinajstić information content (AvgIpc) is 2.93. The van der Waals surface area contributed by atoms with E-state index >= 15 is 0 Å². The molecule has 184 valence electrons. The number of ether oxygens (including phenoxy) is 2. The number of anilines is 1. The van der Waals surface area contributed by atoms with Crippen molar-refractivity contribution in [3.63, 3.8) is 0 Å². The number of methoxy groups -OCH3 is 1. The second-order valence-corrected chi connectivity index (χ2v) is 8.58. The van der Waals surface area contributed by atoms with Gasteiger partial charge >= 0.3 is 0 Å². The fourth-order valence-corrected chi connectivity index (χ4v) is 4.34. The predicted molar refractivity (Wildman–Crippen MR) is 139 cm³/mol. The SMILES string of the molecule is COc1cccc(-n2c(N3CCOCC3)nc3cc(C(=O)NCCc4ccccc4)ccc3c2=O)c1. The molecule has 0 bridgehead atoms. The van der Waals surface area contributed by atoms with Crippen molar-refractivity contribution in [3.05, 3.63) is 94.3 Å². The molecule has 0 spiro atoms. The Labute approximate surface area is 209 Å². The predicted octanol–water partition coefficient (Wildman–Crippen LogP) is 3.20. The van der Waals surface area contributed by atoms with Gasteiger partial charge in [-0.05, 0) is 42.3 Å². The average molecular weight is 485 g/mol. The summed E-state index contributed by atoms with van der Waals surface area (Å²) in [6.07, 6.45) is 0.741. The molecule has 0 atom stereocenters. The Hall–Kier alpha value is -4.17. The molecule has 1 N–H and O–H groups in total. The van der Waals surface area contributed by atoms with Gasteiger partial charge in [-0.3, -0.25) is 9.59 Å². The van der Waals surface area contributed by atoms with E-state index in [0.717, 1.165) is 12.0 Å². The second-order valence-electron chi connectivity index (χ2n) is 8.58. The number of aromatic nitrogens is 2. The molecule has 2 heterocycles. The molecular weight excluding hydrogens is 456 g/mol.